The number of furan rings is 1. The van der Waals surface area contributed by atoms with Gasteiger partial charge in [0, 0.05) is 23.7 Å². The van der Waals surface area contributed by atoms with E-state index in [-0.39, 0.29) is 30.4 Å². The Bertz CT molecular complexity index is 1250. The molecule has 6 nitrogen and oxygen atoms in total. The van der Waals surface area contributed by atoms with Crippen molar-refractivity contribution in [2.24, 2.45) is 0 Å². The van der Waals surface area contributed by atoms with Crippen LogP contribution >= 0.6 is 11.6 Å². The first-order valence-electron chi connectivity index (χ1n) is 10.5. The molecular formula is C25H27ClN2O4S. The van der Waals surface area contributed by atoms with Gasteiger partial charge < -0.3 is 9.32 Å². The zero-order valence-corrected chi connectivity index (χ0v) is 20.5. The third kappa shape index (κ3) is 5.67. The van der Waals surface area contributed by atoms with Gasteiger partial charge in [0.05, 0.1) is 23.4 Å². The molecule has 1 amide bonds. The number of amides is 1. The van der Waals surface area contributed by atoms with Crippen LogP contribution in [-0.4, -0.2) is 25.8 Å². The summed E-state index contributed by atoms with van der Waals surface area (Å²) < 4.78 is 33.8. The highest BCUT2D eigenvalue weighted by Gasteiger charge is 2.27. The number of halogens is 1. The number of benzene rings is 2. The average molecular weight is 487 g/mol. The lowest BCUT2D eigenvalue weighted by molar-refractivity contribution is -0.128. The normalized spacial score (nSPS) is 11.3. The molecule has 0 bridgehead atoms. The Morgan fingerprint density at radius 2 is 1.85 bits per heavy atom. The second kappa shape index (κ2) is 10.3. The van der Waals surface area contributed by atoms with Gasteiger partial charge in [-0.25, -0.2) is 8.42 Å². The summed E-state index contributed by atoms with van der Waals surface area (Å²) in [7, 11) is -3.83. The van der Waals surface area contributed by atoms with Crippen molar-refractivity contribution < 1.29 is 17.6 Å². The summed E-state index contributed by atoms with van der Waals surface area (Å²) in [5, 5.41) is 0.443. The maximum Gasteiger partial charge on any atom is 0.264 e. The lowest BCUT2D eigenvalue weighted by Crippen LogP contribution is -2.34. The maximum atomic E-state index is 13.5. The minimum atomic E-state index is -3.83. The number of hydrogen-bond donors (Lipinski definition) is 0. The maximum absolute atomic E-state index is 13.5. The quantitative estimate of drug-likeness (QED) is 0.371. The predicted octanol–water partition coefficient (Wildman–Crippen LogP) is 5.56. The van der Waals surface area contributed by atoms with E-state index >= 15 is 0 Å². The summed E-state index contributed by atoms with van der Waals surface area (Å²) >= 11 is 6.28. The Kier molecular flexibility index (Phi) is 7.66. The Morgan fingerprint density at radius 3 is 2.45 bits per heavy atom. The molecule has 0 saturated heterocycles. The van der Waals surface area contributed by atoms with Crippen LogP contribution in [0.25, 0.3) is 0 Å². The lowest BCUT2D eigenvalue weighted by atomic mass is 10.1. The molecule has 0 aliphatic rings. The molecule has 0 fully saturated rings. The second-order valence-electron chi connectivity index (χ2n) is 7.78. The average Bonchev–Trinajstić information content (AvgIpc) is 3.27. The largest absolute Gasteiger partial charge is 0.467 e. The molecule has 1 aromatic heterocycles. The fourth-order valence-electron chi connectivity index (χ4n) is 3.56. The SMILES string of the molecule is C=C(C)C(=O)N(Cc1ccco1)Cc1cc(Cl)ccc1N(CC)S(=O)(=O)c1cccc(C)c1. The molecule has 174 valence electrons. The summed E-state index contributed by atoms with van der Waals surface area (Å²) in [5.74, 6) is 0.342. The predicted molar refractivity (Wildman–Crippen MR) is 131 cm³/mol. The number of carbonyl (C=O) groups is 1. The second-order valence-corrected chi connectivity index (χ2v) is 10.1. The van der Waals surface area contributed by atoms with Crippen LogP contribution in [0.1, 0.15) is 30.7 Å². The smallest absolute Gasteiger partial charge is 0.264 e. The minimum absolute atomic E-state index is 0.127. The van der Waals surface area contributed by atoms with Crippen molar-refractivity contribution in [3.63, 3.8) is 0 Å². The van der Waals surface area contributed by atoms with E-state index in [4.69, 9.17) is 16.0 Å². The molecule has 0 aliphatic carbocycles. The Hall–Kier alpha value is -3.03. The van der Waals surface area contributed by atoms with E-state index in [1.165, 1.54) is 10.6 Å². The Labute approximate surface area is 200 Å². The molecule has 0 saturated carbocycles. The van der Waals surface area contributed by atoms with Gasteiger partial charge in [0.15, 0.2) is 0 Å². The van der Waals surface area contributed by atoms with Gasteiger partial charge in [-0.3, -0.25) is 9.10 Å². The van der Waals surface area contributed by atoms with Gasteiger partial charge in [-0.1, -0.05) is 30.3 Å². The molecule has 1 heterocycles. The third-order valence-corrected chi connectivity index (χ3v) is 7.24. The molecular weight excluding hydrogens is 460 g/mol. The van der Waals surface area contributed by atoms with Crippen LogP contribution in [0.2, 0.25) is 5.02 Å². The van der Waals surface area contributed by atoms with Crippen molar-refractivity contribution in [1.82, 2.24) is 4.90 Å². The number of nitrogens with zero attached hydrogens (tertiary/aromatic N) is 2. The van der Waals surface area contributed by atoms with Crippen LogP contribution in [0.15, 0.2) is 82.3 Å². The van der Waals surface area contributed by atoms with E-state index in [1.54, 1.807) is 67.3 Å². The topological polar surface area (TPSA) is 70.8 Å². The minimum Gasteiger partial charge on any atom is -0.467 e. The number of carbonyl (C=O) groups excluding carboxylic acids is 1. The van der Waals surface area contributed by atoms with E-state index in [0.29, 0.717) is 27.6 Å². The summed E-state index contributed by atoms with van der Waals surface area (Å²) in [4.78, 5) is 14.6. The molecule has 3 aromatic rings. The number of hydrogen-bond acceptors (Lipinski definition) is 4. The number of sulfonamides is 1. The van der Waals surface area contributed by atoms with E-state index in [9.17, 15) is 13.2 Å². The standard InChI is InChI=1S/C25H27ClN2O4S/c1-5-28(33(30,31)23-10-6-8-19(4)14-23)24-12-11-21(26)15-20(24)16-27(25(29)18(2)3)17-22-9-7-13-32-22/h6-15H,2,5,16-17H2,1,3-4H3. The molecule has 3 rings (SSSR count). The first-order chi connectivity index (χ1) is 15.6. The van der Waals surface area contributed by atoms with Crippen LogP contribution < -0.4 is 4.31 Å². The molecule has 0 atom stereocenters. The van der Waals surface area contributed by atoms with E-state index in [2.05, 4.69) is 6.58 Å². The molecule has 0 spiro atoms. The van der Waals surface area contributed by atoms with Crippen LogP contribution in [0.4, 0.5) is 5.69 Å². The number of aryl methyl sites for hydroxylation is 1. The first kappa shape index (κ1) is 24.6. The van der Waals surface area contributed by atoms with E-state index in [1.807, 2.05) is 13.0 Å². The number of anilines is 1. The van der Waals surface area contributed by atoms with Crippen molar-refractivity contribution in [2.45, 2.75) is 38.8 Å². The van der Waals surface area contributed by atoms with Crippen molar-refractivity contribution in [2.75, 3.05) is 10.8 Å². The third-order valence-electron chi connectivity index (χ3n) is 5.12. The van der Waals surface area contributed by atoms with Crippen molar-refractivity contribution in [3.05, 3.63) is 94.9 Å². The summed E-state index contributed by atoms with van der Waals surface area (Å²) in [5.41, 5.74) is 2.27. The van der Waals surface area contributed by atoms with Gasteiger partial charge in [0.2, 0.25) is 5.91 Å². The summed E-state index contributed by atoms with van der Waals surface area (Å²) in [6, 6.07) is 15.3. The van der Waals surface area contributed by atoms with Gasteiger partial charge in [-0.2, -0.15) is 0 Å². The first-order valence-corrected chi connectivity index (χ1v) is 12.3. The molecule has 0 radical (unpaired) electrons. The Balaban J connectivity index is 2.05. The van der Waals surface area contributed by atoms with Gasteiger partial charge in [0.25, 0.3) is 10.0 Å². The van der Waals surface area contributed by atoms with Crippen LogP contribution in [0.5, 0.6) is 0 Å². The van der Waals surface area contributed by atoms with E-state index < -0.39 is 10.0 Å². The highest BCUT2D eigenvalue weighted by molar-refractivity contribution is 7.92. The van der Waals surface area contributed by atoms with E-state index in [0.717, 1.165) is 5.56 Å². The van der Waals surface area contributed by atoms with Crippen molar-refractivity contribution in [3.8, 4) is 0 Å². The van der Waals surface area contributed by atoms with Gasteiger partial charge >= 0.3 is 0 Å². The fraction of sp³-hybridized carbons (Fsp3) is 0.240. The molecule has 0 aliphatic heterocycles. The molecule has 8 heteroatoms. The van der Waals surface area contributed by atoms with Crippen molar-refractivity contribution >= 4 is 33.2 Å². The molecule has 0 unspecified atom stereocenters. The monoisotopic (exact) mass is 486 g/mol. The molecule has 2 aromatic carbocycles. The number of rotatable bonds is 9. The molecule has 0 N–H and O–H groups in total. The highest BCUT2D eigenvalue weighted by Crippen LogP contribution is 2.31. The van der Waals surface area contributed by atoms with Crippen molar-refractivity contribution in [1.29, 1.82) is 0 Å². The Morgan fingerprint density at radius 1 is 1.09 bits per heavy atom. The van der Waals surface area contributed by atoms with Crippen LogP contribution in [0.3, 0.4) is 0 Å². The van der Waals surface area contributed by atoms with Gasteiger partial charge in [-0.15, -0.1) is 0 Å². The van der Waals surface area contributed by atoms with Crippen LogP contribution in [-0.2, 0) is 27.9 Å². The highest BCUT2D eigenvalue weighted by atomic mass is 35.5. The summed E-state index contributed by atoms with van der Waals surface area (Å²) in [6.45, 7) is 9.56. The van der Waals surface area contributed by atoms with Crippen LogP contribution in [0, 0.1) is 6.92 Å². The van der Waals surface area contributed by atoms with Gasteiger partial charge in [-0.05, 0) is 74.4 Å². The lowest BCUT2D eigenvalue weighted by Gasteiger charge is -2.28. The van der Waals surface area contributed by atoms with Gasteiger partial charge in [0.1, 0.15) is 5.76 Å². The summed E-state index contributed by atoms with van der Waals surface area (Å²) in [6.07, 6.45) is 1.54. The molecule has 33 heavy (non-hydrogen) atoms. The zero-order valence-electron chi connectivity index (χ0n) is 18.9. The zero-order chi connectivity index (χ0) is 24.2. The fourth-order valence-corrected chi connectivity index (χ4v) is 5.37.